The second kappa shape index (κ2) is 9.08. The topological polar surface area (TPSA) is 31.6 Å². The van der Waals surface area contributed by atoms with Crippen LogP contribution in [-0.4, -0.2) is 16.1 Å². The van der Waals surface area contributed by atoms with Crippen LogP contribution in [0.2, 0.25) is 0 Å². The summed E-state index contributed by atoms with van der Waals surface area (Å²) in [4.78, 5) is 6.79. The first-order valence-corrected chi connectivity index (χ1v) is 16.2. The predicted molar refractivity (Wildman–Crippen MR) is 168 cm³/mol. The Morgan fingerprint density at radius 1 is 0.789 bits per heavy atom. The average molecular weight is 547 g/mol. The number of benzene rings is 1. The lowest BCUT2D eigenvalue weighted by Gasteiger charge is -2.62. The molecule has 2 heterocycles. The van der Waals surface area contributed by atoms with E-state index in [0.29, 0.717) is 0 Å². The van der Waals surface area contributed by atoms with Gasteiger partial charge in [-0.3, -0.25) is 0 Å². The quantitative estimate of drug-likeness (QED) is 0.300. The van der Waals surface area contributed by atoms with Crippen LogP contribution in [0.4, 0.5) is 0 Å². The number of hydrogen-bond donors (Lipinski definition) is 2. The fourth-order valence-electron chi connectivity index (χ4n) is 9.18. The molecule has 4 fully saturated rings. The van der Waals surface area contributed by atoms with Gasteiger partial charge in [0.05, 0.1) is 5.16 Å². The van der Waals surface area contributed by atoms with Crippen molar-refractivity contribution in [3.8, 4) is 0 Å². The molecule has 4 aliphatic carbocycles. The normalized spacial score (nSPS) is 29.3. The van der Waals surface area contributed by atoms with E-state index in [-0.39, 0.29) is 21.4 Å². The van der Waals surface area contributed by atoms with Gasteiger partial charge in [0.1, 0.15) is 0 Å². The second-order valence-corrected chi connectivity index (χ2v) is 16.4. The van der Waals surface area contributed by atoms with Crippen LogP contribution in [0.5, 0.6) is 0 Å². The Hall–Kier alpha value is -1.36. The fourth-order valence-corrected chi connectivity index (χ4v) is 10.6. The summed E-state index contributed by atoms with van der Waals surface area (Å²) in [5, 5.41) is -0.319. The summed E-state index contributed by atoms with van der Waals surface area (Å²) in [6.07, 6.45) is 16.9. The van der Waals surface area contributed by atoms with Crippen LogP contribution in [-0.2, 0) is 21.4 Å². The molecule has 0 spiro atoms. The van der Waals surface area contributed by atoms with Crippen molar-refractivity contribution in [2.45, 2.75) is 95.0 Å². The van der Waals surface area contributed by atoms with Gasteiger partial charge in [-0.25, -0.2) is 0 Å². The van der Waals surface area contributed by atoms with E-state index in [1.807, 2.05) is 0 Å². The van der Waals surface area contributed by atoms with Gasteiger partial charge in [0, 0.05) is 24.8 Å². The molecule has 4 saturated carbocycles. The Balaban J connectivity index is 1.72. The van der Waals surface area contributed by atoms with Crippen LogP contribution in [0.1, 0.15) is 107 Å². The van der Waals surface area contributed by atoms with E-state index in [0.717, 1.165) is 23.7 Å². The summed E-state index contributed by atoms with van der Waals surface area (Å²) in [7, 11) is 6.56. The molecule has 204 valence electrons. The third-order valence-corrected chi connectivity index (χ3v) is 12.1. The largest absolute Gasteiger partial charge is 0.367 e. The van der Waals surface area contributed by atoms with Crippen LogP contribution in [0, 0.1) is 23.7 Å². The summed E-state index contributed by atoms with van der Waals surface area (Å²) in [6.45, 7) is 14.4. The van der Waals surface area contributed by atoms with Crippen molar-refractivity contribution >= 4 is 18.5 Å². The van der Waals surface area contributed by atoms with Crippen LogP contribution in [0.3, 0.4) is 0 Å². The molecule has 3 aromatic rings. The van der Waals surface area contributed by atoms with Crippen molar-refractivity contribution < 1.29 is 0 Å². The molecule has 0 radical (unpaired) electrons. The van der Waals surface area contributed by atoms with E-state index in [9.17, 15) is 0 Å². The molecule has 2 N–H and O–H groups in total. The maximum Gasteiger partial charge on any atom is 0.0623 e. The SMILES string of the molecule is CC(C)(C)c1cc(C(P)(c2cc[nH]c2)c2cc[nH]c2)c(C23CC4CC(CC(C4)C2CP)C3)cc1C(C)(C)C. The van der Waals surface area contributed by atoms with Gasteiger partial charge < -0.3 is 9.97 Å². The van der Waals surface area contributed by atoms with Crippen LogP contribution < -0.4 is 0 Å². The van der Waals surface area contributed by atoms with Gasteiger partial charge in [-0.2, -0.15) is 0 Å². The molecule has 38 heavy (non-hydrogen) atoms. The molecule has 5 atom stereocenters. The molecule has 4 heteroatoms. The van der Waals surface area contributed by atoms with E-state index in [1.54, 1.807) is 5.56 Å². The van der Waals surface area contributed by atoms with Crippen molar-refractivity contribution in [1.29, 1.82) is 0 Å². The Labute approximate surface area is 235 Å². The maximum atomic E-state index is 3.40. The second-order valence-electron chi connectivity index (χ2n) is 15.1. The molecule has 0 saturated heterocycles. The lowest BCUT2D eigenvalue weighted by Crippen LogP contribution is -2.56. The number of aromatic amines is 2. The molecule has 2 nitrogen and oxygen atoms in total. The van der Waals surface area contributed by atoms with Crippen LogP contribution in [0.15, 0.2) is 49.1 Å². The summed E-state index contributed by atoms with van der Waals surface area (Å²) < 4.78 is 0. The minimum Gasteiger partial charge on any atom is -0.367 e. The van der Waals surface area contributed by atoms with Gasteiger partial charge in [-0.15, -0.1) is 18.5 Å². The summed E-state index contributed by atoms with van der Waals surface area (Å²) in [5.74, 6) is 3.42. The lowest BCUT2D eigenvalue weighted by atomic mass is 9.43. The van der Waals surface area contributed by atoms with Gasteiger partial charge >= 0.3 is 0 Å². The van der Waals surface area contributed by atoms with Crippen LogP contribution in [0.25, 0.3) is 0 Å². The van der Waals surface area contributed by atoms with E-state index in [1.165, 1.54) is 66.1 Å². The molecule has 0 aliphatic heterocycles. The number of aromatic nitrogens is 2. The standard InChI is InChI=1S/C34H48N2P2/c1-31(2,3)26-14-28(33-16-21-11-22(17-33)13-23(12-21)30(33)20-37)29(15-27(26)32(4,5)6)34(38,24-7-9-35-18-24)25-8-10-36-19-25/h7-10,14-15,18-19,21-23,30,35-36H,11-13,16-17,20,37-38H2,1-6H3. The highest BCUT2D eigenvalue weighted by Crippen LogP contribution is 2.66. The number of rotatable bonds is 5. The maximum absolute atomic E-state index is 3.40. The summed E-state index contributed by atoms with van der Waals surface area (Å²) in [5.41, 5.74) is 9.23. The third-order valence-electron chi connectivity index (χ3n) is 10.6. The highest BCUT2D eigenvalue weighted by atomic mass is 31.0. The van der Waals surface area contributed by atoms with Crippen molar-refractivity contribution in [3.05, 3.63) is 82.4 Å². The molecule has 2 aromatic heterocycles. The van der Waals surface area contributed by atoms with Crippen LogP contribution >= 0.6 is 18.5 Å². The summed E-state index contributed by atoms with van der Waals surface area (Å²) >= 11 is 0. The number of nitrogens with one attached hydrogen (secondary N) is 2. The van der Waals surface area contributed by atoms with Gasteiger partial charge in [0.15, 0.2) is 0 Å². The van der Waals surface area contributed by atoms with Crippen molar-refractivity contribution in [1.82, 2.24) is 9.97 Å². The fraction of sp³-hybridized carbons (Fsp3) is 0.588. The highest BCUT2D eigenvalue weighted by Gasteiger charge is 2.58. The smallest absolute Gasteiger partial charge is 0.0623 e. The van der Waals surface area contributed by atoms with E-state index >= 15 is 0 Å². The molecular formula is C34H48N2P2. The van der Waals surface area contributed by atoms with Gasteiger partial charge in [0.25, 0.3) is 0 Å². The first kappa shape index (κ1) is 26.8. The molecule has 7 rings (SSSR count). The zero-order valence-corrected chi connectivity index (χ0v) is 26.6. The van der Waals surface area contributed by atoms with Crippen molar-refractivity contribution in [2.75, 3.05) is 6.16 Å². The average Bonchev–Trinajstić information content (AvgIpc) is 3.56. The minimum atomic E-state index is -0.319. The first-order chi connectivity index (χ1) is 17.9. The molecule has 4 bridgehead atoms. The Bertz CT molecular complexity index is 1240. The van der Waals surface area contributed by atoms with Gasteiger partial charge in [0.2, 0.25) is 0 Å². The molecular weight excluding hydrogens is 498 g/mol. The Kier molecular flexibility index (Phi) is 6.41. The first-order valence-electron chi connectivity index (χ1n) is 14.8. The predicted octanol–water partition coefficient (Wildman–Crippen LogP) is 8.67. The zero-order valence-electron chi connectivity index (χ0n) is 24.3. The van der Waals surface area contributed by atoms with E-state index in [4.69, 9.17) is 0 Å². The molecule has 0 amide bonds. The van der Waals surface area contributed by atoms with Gasteiger partial charge in [-0.05, 0) is 124 Å². The zero-order chi connectivity index (χ0) is 27.1. The molecule has 5 unspecified atom stereocenters. The summed E-state index contributed by atoms with van der Waals surface area (Å²) in [6, 6.07) is 9.95. The minimum absolute atomic E-state index is 0.0548. The van der Waals surface area contributed by atoms with E-state index < -0.39 is 0 Å². The molecule has 1 aromatic carbocycles. The third kappa shape index (κ3) is 4.03. The molecule has 4 aliphatic rings. The van der Waals surface area contributed by atoms with Gasteiger partial charge in [-0.1, -0.05) is 53.7 Å². The van der Waals surface area contributed by atoms with Crippen molar-refractivity contribution in [2.24, 2.45) is 23.7 Å². The monoisotopic (exact) mass is 546 g/mol. The van der Waals surface area contributed by atoms with E-state index in [2.05, 4.69) is 119 Å². The Morgan fingerprint density at radius 3 is 1.76 bits per heavy atom. The number of hydrogen-bond acceptors (Lipinski definition) is 0. The highest BCUT2D eigenvalue weighted by molar-refractivity contribution is 7.19. The Morgan fingerprint density at radius 2 is 1.32 bits per heavy atom. The number of H-pyrrole nitrogens is 2. The van der Waals surface area contributed by atoms with Crippen molar-refractivity contribution in [3.63, 3.8) is 0 Å². The lowest BCUT2D eigenvalue weighted by molar-refractivity contribution is -0.0522.